The molecule has 0 saturated carbocycles. The molecular formula is C11H12N2O3S3. The van der Waals surface area contributed by atoms with Gasteiger partial charge in [0.2, 0.25) is 0 Å². The fraction of sp³-hybridized carbons (Fsp3) is 0.364. The predicted molar refractivity (Wildman–Crippen MR) is 80.8 cm³/mol. The van der Waals surface area contributed by atoms with Crippen molar-refractivity contribution in [3.05, 3.63) is 22.1 Å². The molecule has 2 rings (SSSR count). The van der Waals surface area contributed by atoms with Gasteiger partial charge in [0.05, 0.1) is 9.93 Å². The van der Waals surface area contributed by atoms with Gasteiger partial charge in [-0.1, -0.05) is 24.0 Å². The molecule has 0 bridgehead atoms. The van der Waals surface area contributed by atoms with Crippen LogP contribution in [0, 0.1) is 0 Å². The monoisotopic (exact) mass is 316 g/mol. The van der Waals surface area contributed by atoms with E-state index in [1.54, 1.807) is 17.8 Å². The Kier molecular flexibility index (Phi) is 4.54. The topological polar surface area (TPSA) is 60.9 Å². The molecule has 0 aliphatic carbocycles. The molecule has 2 aliphatic heterocycles. The zero-order valence-electron chi connectivity index (χ0n) is 10.2. The number of rotatable bonds is 3. The SMILES string of the molecule is CN1CCS/C1=C/C=C1\SC(=S)N(CC(=O)O)C1=O. The van der Waals surface area contributed by atoms with Crippen molar-refractivity contribution in [1.82, 2.24) is 9.80 Å². The van der Waals surface area contributed by atoms with Crippen LogP contribution in [-0.4, -0.2) is 57.0 Å². The van der Waals surface area contributed by atoms with Gasteiger partial charge in [-0.05, 0) is 12.2 Å². The highest BCUT2D eigenvalue weighted by atomic mass is 32.2. The molecule has 0 unspecified atom stereocenters. The van der Waals surface area contributed by atoms with Crippen LogP contribution in [-0.2, 0) is 9.59 Å². The zero-order valence-corrected chi connectivity index (χ0v) is 12.6. The Balaban J connectivity index is 2.12. The van der Waals surface area contributed by atoms with Crippen LogP contribution in [0.1, 0.15) is 0 Å². The van der Waals surface area contributed by atoms with Gasteiger partial charge < -0.3 is 10.0 Å². The van der Waals surface area contributed by atoms with Crippen LogP contribution >= 0.6 is 35.7 Å². The smallest absolute Gasteiger partial charge is 0.323 e. The lowest BCUT2D eigenvalue weighted by Crippen LogP contribution is -2.33. The largest absolute Gasteiger partial charge is 0.480 e. The quantitative estimate of drug-likeness (QED) is 0.622. The second-order valence-corrected chi connectivity index (χ2v) is 6.75. The molecule has 0 aromatic rings. The lowest BCUT2D eigenvalue weighted by Gasteiger charge is -2.10. The third kappa shape index (κ3) is 3.31. The van der Waals surface area contributed by atoms with Crippen molar-refractivity contribution in [2.24, 2.45) is 0 Å². The lowest BCUT2D eigenvalue weighted by molar-refractivity contribution is -0.140. The van der Waals surface area contributed by atoms with Gasteiger partial charge in [0.1, 0.15) is 10.9 Å². The third-order valence-electron chi connectivity index (χ3n) is 2.60. The number of thioether (sulfide) groups is 2. The number of nitrogens with zero attached hydrogens (tertiary/aromatic N) is 2. The van der Waals surface area contributed by atoms with Crippen molar-refractivity contribution < 1.29 is 14.7 Å². The van der Waals surface area contributed by atoms with Crippen LogP contribution in [0.15, 0.2) is 22.1 Å². The normalized spacial score (nSPS) is 24.1. The molecule has 1 N–H and O–H groups in total. The summed E-state index contributed by atoms with van der Waals surface area (Å²) in [6, 6.07) is 0. The summed E-state index contributed by atoms with van der Waals surface area (Å²) < 4.78 is 0.296. The Morgan fingerprint density at radius 1 is 1.53 bits per heavy atom. The maximum absolute atomic E-state index is 12.0. The van der Waals surface area contributed by atoms with Gasteiger partial charge in [0.15, 0.2) is 0 Å². The van der Waals surface area contributed by atoms with E-state index in [4.69, 9.17) is 17.3 Å². The minimum absolute atomic E-state index is 0.296. The van der Waals surface area contributed by atoms with Gasteiger partial charge in [-0.2, -0.15) is 0 Å². The van der Waals surface area contributed by atoms with Crippen molar-refractivity contribution in [2.45, 2.75) is 0 Å². The summed E-state index contributed by atoms with van der Waals surface area (Å²) in [6.07, 6.45) is 3.59. The highest BCUT2D eigenvalue weighted by Gasteiger charge is 2.33. The highest BCUT2D eigenvalue weighted by Crippen LogP contribution is 2.32. The molecule has 1 amide bonds. The number of carbonyl (C=O) groups is 2. The number of carboxylic acids is 1. The van der Waals surface area contributed by atoms with Gasteiger partial charge in [-0.3, -0.25) is 14.5 Å². The van der Waals surface area contributed by atoms with Gasteiger partial charge in [0, 0.05) is 19.3 Å². The van der Waals surface area contributed by atoms with Gasteiger partial charge in [-0.25, -0.2) is 0 Å². The van der Waals surface area contributed by atoms with E-state index in [1.807, 2.05) is 13.1 Å². The standard InChI is InChI=1S/C11H12N2O3S3/c1-12-4-5-18-8(12)3-2-7-10(16)13(6-9(14)15)11(17)19-7/h2-3H,4-6H2,1H3,(H,14,15)/b7-2-,8-3+. The van der Waals surface area contributed by atoms with Crippen molar-refractivity contribution in [3.8, 4) is 0 Å². The van der Waals surface area contributed by atoms with Crippen LogP contribution in [0.3, 0.4) is 0 Å². The summed E-state index contributed by atoms with van der Waals surface area (Å²) in [5.74, 6) is -0.363. The summed E-state index contributed by atoms with van der Waals surface area (Å²) in [4.78, 5) is 26.3. The number of hydrogen-bond acceptors (Lipinski definition) is 6. The number of carboxylic acid groups (broad SMARTS) is 1. The second kappa shape index (κ2) is 5.98. The summed E-state index contributed by atoms with van der Waals surface area (Å²) in [5.41, 5.74) is 0. The third-order valence-corrected chi connectivity index (χ3v) is 5.12. The Hall–Kier alpha value is -0.990. The van der Waals surface area contributed by atoms with Crippen LogP contribution in [0.5, 0.6) is 0 Å². The average Bonchev–Trinajstić information content (AvgIpc) is 2.85. The Morgan fingerprint density at radius 3 is 2.84 bits per heavy atom. The molecule has 0 aromatic carbocycles. The molecule has 2 heterocycles. The Labute approximate surface area is 124 Å². The first-order valence-corrected chi connectivity index (χ1v) is 7.71. The fourth-order valence-corrected chi connectivity index (χ4v) is 3.86. The Morgan fingerprint density at radius 2 is 2.26 bits per heavy atom. The zero-order chi connectivity index (χ0) is 14.0. The van der Waals surface area contributed by atoms with E-state index < -0.39 is 5.97 Å². The minimum atomic E-state index is -1.07. The molecule has 2 saturated heterocycles. The minimum Gasteiger partial charge on any atom is -0.480 e. The first-order chi connectivity index (χ1) is 8.99. The Bertz CT molecular complexity index is 501. The summed E-state index contributed by atoms with van der Waals surface area (Å²) >= 11 is 7.88. The van der Waals surface area contributed by atoms with Crippen LogP contribution in [0.2, 0.25) is 0 Å². The molecule has 5 nitrogen and oxygen atoms in total. The number of allylic oxidation sites excluding steroid dienone is 2. The van der Waals surface area contributed by atoms with Crippen molar-refractivity contribution >= 4 is 51.9 Å². The summed E-state index contributed by atoms with van der Waals surface area (Å²) in [6.45, 7) is 0.609. The lowest BCUT2D eigenvalue weighted by atomic mass is 10.4. The van der Waals surface area contributed by atoms with Crippen LogP contribution in [0.25, 0.3) is 0 Å². The average molecular weight is 316 g/mol. The van der Waals surface area contributed by atoms with E-state index in [-0.39, 0.29) is 12.5 Å². The summed E-state index contributed by atoms with van der Waals surface area (Å²) in [7, 11) is 2.00. The maximum atomic E-state index is 12.0. The number of hydrogen-bond donors (Lipinski definition) is 1. The molecule has 0 atom stereocenters. The maximum Gasteiger partial charge on any atom is 0.323 e. The highest BCUT2D eigenvalue weighted by molar-refractivity contribution is 8.26. The molecular weight excluding hydrogens is 304 g/mol. The fourth-order valence-electron chi connectivity index (χ4n) is 1.62. The van der Waals surface area contributed by atoms with Gasteiger partial charge in [-0.15, -0.1) is 11.8 Å². The van der Waals surface area contributed by atoms with E-state index in [0.717, 1.165) is 34.0 Å². The van der Waals surface area contributed by atoms with Crippen molar-refractivity contribution in [1.29, 1.82) is 0 Å². The van der Waals surface area contributed by atoms with Gasteiger partial charge in [0.25, 0.3) is 5.91 Å². The number of amides is 1. The first kappa shape index (κ1) is 14.4. The molecule has 0 spiro atoms. The van der Waals surface area contributed by atoms with E-state index in [1.165, 1.54) is 0 Å². The van der Waals surface area contributed by atoms with Crippen molar-refractivity contribution in [3.63, 3.8) is 0 Å². The number of thiocarbonyl (C=S) groups is 1. The molecule has 0 radical (unpaired) electrons. The second-order valence-electron chi connectivity index (χ2n) is 3.96. The molecule has 19 heavy (non-hydrogen) atoms. The van der Waals surface area contributed by atoms with E-state index >= 15 is 0 Å². The van der Waals surface area contributed by atoms with Gasteiger partial charge >= 0.3 is 5.97 Å². The molecule has 0 aromatic heterocycles. The van der Waals surface area contributed by atoms with E-state index in [0.29, 0.717) is 9.23 Å². The number of aliphatic carboxylic acids is 1. The molecule has 102 valence electrons. The number of carbonyl (C=O) groups excluding carboxylic acids is 1. The van der Waals surface area contributed by atoms with Crippen molar-refractivity contribution in [2.75, 3.05) is 25.9 Å². The predicted octanol–water partition coefficient (Wildman–Crippen LogP) is 1.34. The summed E-state index contributed by atoms with van der Waals surface area (Å²) in [5, 5.41) is 9.83. The van der Waals surface area contributed by atoms with Crippen LogP contribution in [0.4, 0.5) is 0 Å². The molecule has 8 heteroatoms. The van der Waals surface area contributed by atoms with Crippen LogP contribution < -0.4 is 0 Å². The molecule has 2 fully saturated rings. The first-order valence-electron chi connectivity index (χ1n) is 5.50. The molecule has 2 aliphatic rings. The van der Waals surface area contributed by atoms with E-state index in [2.05, 4.69) is 4.90 Å². The van der Waals surface area contributed by atoms with E-state index in [9.17, 15) is 9.59 Å².